The van der Waals surface area contributed by atoms with Gasteiger partial charge in [0.25, 0.3) is 0 Å². The zero-order valence-electron chi connectivity index (χ0n) is 6.00. The topological polar surface area (TPSA) is 58.6 Å². The first-order valence-corrected chi connectivity index (χ1v) is 4.32. The van der Waals surface area contributed by atoms with Gasteiger partial charge in [0.1, 0.15) is 0 Å². The summed E-state index contributed by atoms with van der Waals surface area (Å²) in [6, 6.07) is 0. The van der Waals surface area contributed by atoms with Crippen LogP contribution >= 0.6 is 0 Å². The molecule has 10 heavy (non-hydrogen) atoms. The Hall–Kier alpha value is 0.0300. The summed E-state index contributed by atoms with van der Waals surface area (Å²) in [7, 11) is 1.62. The lowest BCUT2D eigenvalue weighted by Gasteiger charge is -2.00. The van der Waals surface area contributed by atoms with E-state index in [0.29, 0.717) is 13.2 Å². The number of methoxy groups -OCH3 is 1. The van der Waals surface area contributed by atoms with Crippen LogP contribution in [0.5, 0.6) is 0 Å². The Morgan fingerprint density at radius 1 is 1.60 bits per heavy atom. The maximum absolute atomic E-state index is 10.1. The zero-order chi connectivity index (χ0) is 7.82. The Kier molecular flexibility index (Phi) is 7.16. The average Bonchev–Trinajstić information content (AvgIpc) is 1.87. The van der Waals surface area contributed by atoms with Crippen LogP contribution < -0.4 is 5.32 Å². The highest BCUT2D eigenvalue weighted by Crippen LogP contribution is 1.70. The van der Waals surface area contributed by atoms with Crippen molar-refractivity contribution in [3.8, 4) is 0 Å². The quantitative estimate of drug-likeness (QED) is 0.411. The summed E-state index contributed by atoms with van der Waals surface area (Å²) in [4.78, 5) is 0. The summed E-state index contributed by atoms with van der Waals surface area (Å²) < 4.78 is 23.1. The molecule has 0 saturated carbocycles. The van der Waals surface area contributed by atoms with Crippen LogP contribution in [0.4, 0.5) is 0 Å². The molecule has 1 atom stereocenters. The van der Waals surface area contributed by atoms with Crippen LogP contribution in [0, 0.1) is 0 Å². The second kappa shape index (κ2) is 7.14. The molecule has 1 unspecified atom stereocenters. The minimum absolute atomic E-state index is 0.281. The highest BCUT2D eigenvalue weighted by atomic mass is 32.2. The van der Waals surface area contributed by atoms with Crippen molar-refractivity contribution in [3.63, 3.8) is 0 Å². The van der Waals surface area contributed by atoms with Crippen LogP contribution in [0.2, 0.25) is 0 Å². The predicted octanol–water partition coefficient (Wildman–Crippen LogP) is -0.556. The predicted molar refractivity (Wildman–Crippen MR) is 40.4 cm³/mol. The third-order valence-corrected chi connectivity index (χ3v) is 1.49. The standard InChI is InChI=1S/C5H13NO3S/c1-9-4-2-6-3-5-10(7)8/h6H,2-5H2,1H3,(H,7,8). The maximum Gasteiger partial charge on any atom is 0.154 e. The van der Waals surface area contributed by atoms with E-state index in [2.05, 4.69) is 5.32 Å². The van der Waals surface area contributed by atoms with Gasteiger partial charge >= 0.3 is 0 Å². The summed E-state index contributed by atoms with van der Waals surface area (Å²) in [5, 5.41) is 2.94. The van der Waals surface area contributed by atoms with Crippen molar-refractivity contribution >= 4 is 11.1 Å². The Morgan fingerprint density at radius 3 is 2.80 bits per heavy atom. The zero-order valence-corrected chi connectivity index (χ0v) is 6.82. The molecule has 0 aromatic carbocycles. The van der Waals surface area contributed by atoms with Crippen LogP contribution in [-0.4, -0.2) is 41.3 Å². The summed E-state index contributed by atoms with van der Waals surface area (Å²) in [6.07, 6.45) is 0. The van der Waals surface area contributed by atoms with Gasteiger partial charge in [-0.25, -0.2) is 4.21 Å². The lowest BCUT2D eigenvalue weighted by Crippen LogP contribution is -2.23. The first kappa shape index (κ1) is 10.0. The van der Waals surface area contributed by atoms with Crippen molar-refractivity contribution in [3.05, 3.63) is 0 Å². The Bertz CT molecular complexity index is 98.9. The molecule has 0 bridgehead atoms. The molecule has 5 heteroatoms. The van der Waals surface area contributed by atoms with Gasteiger partial charge in [-0.15, -0.1) is 0 Å². The van der Waals surface area contributed by atoms with E-state index in [1.54, 1.807) is 7.11 Å². The number of hydrogen-bond acceptors (Lipinski definition) is 3. The van der Waals surface area contributed by atoms with Gasteiger partial charge in [-0.2, -0.15) is 0 Å². The molecule has 0 aliphatic rings. The fourth-order valence-corrected chi connectivity index (χ4v) is 0.778. The van der Waals surface area contributed by atoms with Gasteiger partial charge in [-0.1, -0.05) is 0 Å². The third kappa shape index (κ3) is 8.03. The highest BCUT2D eigenvalue weighted by molar-refractivity contribution is 7.79. The molecule has 4 nitrogen and oxygen atoms in total. The summed E-state index contributed by atoms with van der Waals surface area (Å²) in [6.45, 7) is 1.93. The van der Waals surface area contributed by atoms with Crippen LogP contribution in [0.25, 0.3) is 0 Å². The number of nitrogens with one attached hydrogen (secondary N) is 1. The van der Waals surface area contributed by atoms with Crippen molar-refractivity contribution in [2.24, 2.45) is 0 Å². The molecule has 0 aliphatic heterocycles. The fourth-order valence-electron chi connectivity index (χ4n) is 0.459. The fraction of sp³-hybridized carbons (Fsp3) is 1.00. The van der Waals surface area contributed by atoms with Crippen molar-refractivity contribution in [2.45, 2.75) is 0 Å². The van der Waals surface area contributed by atoms with E-state index in [-0.39, 0.29) is 5.75 Å². The second-order valence-corrected chi connectivity index (χ2v) is 2.82. The Balaban J connectivity index is 2.84. The minimum Gasteiger partial charge on any atom is -0.383 e. The van der Waals surface area contributed by atoms with E-state index >= 15 is 0 Å². The summed E-state index contributed by atoms with van der Waals surface area (Å²) in [5.41, 5.74) is 0. The van der Waals surface area contributed by atoms with Crippen molar-refractivity contribution in [1.82, 2.24) is 5.32 Å². The second-order valence-electron chi connectivity index (χ2n) is 1.77. The van der Waals surface area contributed by atoms with E-state index in [9.17, 15) is 4.21 Å². The average molecular weight is 167 g/mol. The SMILES string of the molecule is COCCNCCS(=O)O. The molecule has 0 fully saturated rings. The molecular weight excluding hydrogens is 154 g/mol. The molecular formula is C5H13NO3S. The Labute approximate surface area is 63.2 Å². The largest absolute Gasteiger partial charge is 0.383 e. The lowest BCUT2D eigenvalue weighted by atomic mass is 10.6. The normalized spacial score (nSPS) is 13.4. The van der Waals surface area contributed by atoms with Gasteiger partial charge in [-0.3, -0.25) is 0 Å². The molecule has 0 aromatic rings. The molecule has 2 N–H and O–H groups in total. The smallest absolute Gasteiger partial charge is 0.154 e. The first-order valence-electron chi connectivity index (χ1n) is 3.04. The van der Waals surface area contributed by atoms with Crippen LogP contribution in [0.15, 0.2) is 0 Å². The molecule has 0 saturated heterocycles. The van der Waals surface area contributed by atoms with E-state index < -0.39 is 11.1 Å². The van der Waals surface area contributed by atoms with E-state index in [1.165, 1.54) is 0 Å². The molecule has 0 heterocycles. The minimum atomic E-state index is -1.67. The molecule has 0 rings (SSSR count). The van der Waals surface area contributed by atoms with Crippen molar-refractivity contribution in [1.29, 1.82) is 0 Å². The molecule has 0 spiro atoms. The Morgan fingerprint density at radius 2 is 2.30 bits per heavy atom. The van der Waals surface area contributed by atoms with Crippen LogP contribution in [0.3, 0.4) is 0 Å². The first-order chi connectivity index (χ1) is 4.77. The van der Waals surface area contributed by atoms with Gasteiger partial charge in [-0.05, 0) is 0 Å². The molecule has 0 aliphatic carbocycles. The van der Waals surface area contributed by atoms with Crippen LogP contribution in [0.1, 0.15) is 0 Å². The van der Waals surface area contributed by atoms with Crippen LogP contribution in [-0.2, 0) is 15.8 Å². The lowest BCUT2D eigenvalue weighted by molar-refractivity contribution is 0.200. The summed E-state index contributed by atoms with van der Waals surface area (Å²) in [5.74, 6) is 0.281. The number of hydrogen-bond donors (Lipinski definition) is 2. The number of ether oxygens (including phenoxy) is 1. The maximum atomic E-state index is 10.1. The summed E-state index contributed by atoms with van der Waals surface area (Å²) >= 11 is -1.67. The molecule has 62 valence electrons. The molecule has 0 aromatic heterocycles. The number of rotatable bonds is 6. The molecule has 0 radical (unpaired) electrons. The molecule has 0 amide bonds. The highest BCUT2D eigenvalue weighted by Gasteiger charge is 1.90. The van der Waals surface area contributed by atoms with Crippen molar-refractivity contribution < 1.29 is 13.5 Å². The monoisotopic (exact) mass is 167 g/mol. The van der Waals surface area contributed by atoms with Gasteiger partial charge < -0.3 is 14.6 Å². The van der Waals surface area contributed by atoms with Crippen molar-refractivity contribution in [2.75, 3.05) is 32.6 Å². The van der Waals surface area contributed by atoms with E-state index in [0.717, 1.165) is 6.54 Å². The van der Waals surface area contributed by atoms with Gasteiger partial charge in [0.05, 0.1) is 12.4 Å². The van der Waals surface area contributed by atoms with Gasteiger partial charge in [0.15, 0.2) is 11.1 Å². The van der Waals surface area contributed by atoms with Gasteiger partial charge in [0.2, 0.25) is 0 Å². The third-order valence-electron chi connectivity index (χ3n) is 0.936. The van der Waals surface area contributed by atoms with E-state index in [4.69, 9.17) is 9.29 Å². The van der Waals surface area contributed by atoms with E-state index in [1.807, 2.05) is 0 Å². The van der Waals surface area contributed by atoms with Gasteiger partial charge in [0, 0.05) is 20.2 Å².